The third kappa shape index (κ3) is 1.12. The Hall–Kier alpha value is -0.790. The van der Waals surface area contributed by atoms with Crippen LogP contribution in [-0.2, 0) is 13.5 Å². The van der Waals surface area contributed by atoms with Gasteiger partial charge in [0.2, 0.25) is 0 Å². The zero-order valence-electron chi connectivity index (χ0n) is 5.76. The second-order valence-corrected chi connectivity index (χ2v) is 2.10. The maximum Gasteiger partial charge on any atom is 0.0596 e. The van der Waals surface area contributed by atoms with E-state index in [1.54, 1.807) is 4.68 Å². The monoisotopic (exact) mass is 122 g/mol. The molecule has 2 nitrogen and oxygen atoms in total. The molecule has 0 aliphatic heterocycles. The van der Waals surface area contributed by atoms with E-state index < -0.39 is 0 Å². The average molecular weight is 122 g/mol. The Balaban J connectivity index is 3.01. The van der Waals surface area contributed by atoms with Crippen LogP contribution in [0.3, 0.4) is 0 Å². The molecule has 1 rings (SSSR count). The van der Waals surface area contributed by atoms with Crippen molar-refractivity contribution in [2.75, 3.05) is 0 Å². The molecule has 0 aromatic carbocycles. The van der Waals surface area contributed by atoms with Gasteiger partial charge in [0.15, 0.2) is 0 Å². The molecular weight excluding hydrogens is 112 g/mol. The van der Waals surface area contributed by atoms with E-state index in [-0.39, 0.29) is 0 Å². The zero-order valence-corrected chi connectivity index (χ0v) is 5.76. The quantitative estimate of drug-likeness (QED) is 0.543. The molecule has 1 aromatic rings. The van der Waals surface area contributed by atoms with E-state index in [1.807, 2.05) is 20.0 Å². The number of nitrogens with zero attached hydrogens (tertiary/aromatic N) is 2. The highest BCUT2D eigenvalue weighted by molar-refractivity contribution is 5.08. The third-order valence-electron chi connectivity index (χ3n) is 1.31. The van der Waals surface area contributed by atoms with Crippen molar-refractivity contribution in [1.82, 2.24) is 9.78 Å². The lowest BCUT2D eigenvalue weighted by Crippen LogP contribution is -1.95. The Morgan fingerprint density at radius 2 is 2.44 bits per heavy atom. The molecule has 0 amide bonds. The first-order valence-electron chi connectivity index (χ1n) is 2.93. The van der Waals surface area contributed by atoms with Crippen molar-refractivity contribution >= 4 is 0 Å². The van der Waals surface area contributed by atoms with Crippen LogP contribution < -0.4 is 0 Å². The van der Waals surface area contributed by atoms with E-state index >= 15 is 0 Å². The first kappa shape index (κ1) is 6.33. The summed E-state index contributed by atoms with van der Waals surface area (Å²) in [5.74, 6) is 0. The van der Waals surface area contributed by atoms with Gasteiger partial charge >= 0.3 is 0 Å². The Kier molecular flexibility index (Phi) is 1.56. The maximum atomic E-state index is 5.40. The summed E-state index contributed by atoms with van der Waals surface area (Å²) in [7, 11) is 1.90. The van der Waals surface area contributed by atoms with Crippen LogP contribution in [0.4, 0.5) is 0 Å². The van der Waals surface area contributed by atoms with Crippen molar-refractivity contribution in [2.45, 2.75) is 13.3 Å². The Labute approximate surface area is 55.5 Å². The molecular formula is C7H10N2. The minimum Gasteiger partial charge on any atom is -0.272 e. The fourth-order valence-corrected chi connectivity index (χ4v) is 0.855. The standard InChI is InChI=1S/C7H10N2/c1-4-7-5-6(2)8-9(7)3/h1,5H,4H2,2-3H3. The minimum atomic E-state index is 0.567. The SMILES string of the molecule is [CH]Cc1cc(C)nn1C. The van der Waals surface area contributed by atoms with Crippen LogP contribution in [0.2, 0.25) is 0 Å². The van der Waals surface area contributed by atoms with Gasteiger partial charge in [0, 0.05) is 12.7 Å². The van der Waals surface area contributed by atoms with Crippen LogP contribution in [0.5, 0.6) is 0 Å². The fraction of sp³-hybridized carbons (Fsp3) is 0.429. The molecule has 1 aromatic heterocycles. The van der Waals surface area contributed by atoms with Gasteiger partial charge in [0.1, 0.15) is 0 Å². The first-order valence-corrected chi connectivity index (χ1v) is 2.93. The van der Waals surface area contributed by atoms with Crippen LogP contribution in [0.25, 0.3) is 0 Å². The van der Waals surface area contributed by atoms with Crippen LogP contribution in [0.15, 0.2) is 6.07 Å². The lowest BCUT2D eigenvalue weighted by molar-refractivity contribution is 0.719. The van der Waals surface area contributed by atoms with Crippen LogP contribution in [-0.4, -0.2) is 9.78 Å². The molecule has 1 heterocycles. The van der Waals surface area contributed by atoms with Gasteiger partial charge in [0.05, 0.1) is 5.69 Å². The predicted octanol–water partition coefficient (Wildman–Crippen LogP) is 0.982. The first-order chi connectivity index (χ1) is 4.24. The fourth-order valence-electron chi connectivity index (χ4n) is 0.855. The number of aryl methyl sites for hydroxylation is 2. The molecule has 9 heavy (non-hydrogen) atoms. The van der Waals surface area contributed by atoms with Crippen LogP contribution in [0.1, 0.15) is 11.4 Å². The van der Waals surface area contributed by atoms with Crippen LogP contribution in [0, 0.1) is 13.8 Å². The summed E-state index contributed by atoms with van der Waals surface area (Å²) in [6.45, 7) is 7.36. The van der Waals surface area contributed by atoms with E-state index in [0.717, 1.165) is 11.4 Å². The number of hydrogen-bond donors (Lipinski definition) is 0. The lowest BCUT2D eigenvalue weighted by Gasteiger charge is -1.92. The van der Waals surface area contributed by atoms with E-state index in [4.69, 9.17) is 6.92 Å². The smallest absolute Gasteiger partial charge is 0.0596 e. The van der Waals surface area contributed by atoms with E-state index in [9.17, 15) is 0 Å². The number of hydrogen-bond acceptors (Lipinski definition) is 1. The van der Waals surface area contributed by atoms with Gasteiger partial charge in [0.25, 0.3) is 0 Å². The van der Waals surface area contributed by atoms with Gasteiger partial charge in [-0.2, -0.15) is 5.10 Å². The molecule has 2 radical (unpaired) electrons. The van der Waals surface area contributed by atoms with Crippen molar-refractivity contribution < 1.29 is 0 Å². The highest BCUT2D eigenvalue weighted by atomic mass is 15.3. The van der Waals surface area contributed by atoms with E-state index in [2.05, 4.69) is 5.10 Å². The van der Waals surface area contributed by atoms with E-state index in [0.29, 0.717) is 6.42 Å². The minimum absolute atomic E-state index is 0.567. The van der Waals surface area contributed by atoms with Gasteiger partial charge in [-0.3, -0.25) is 4.68 Å². The molecule has 0 spiro atoms. The van der Waals surface area contributed by atoms with Gasteiger partial charge in [-0.15, -0.1) is 0 Å². The molecule has 0 saturated heterocycles. The lowest BCUT2D eigenvalue weighted by atomic mass is 10.3. The summed E-state index contributed by atoms with van der Waals surface area (Å²) in [5, 5.41) is 4.12. The van der Waals surface area contributed by atoms with Crippen molar-refractivity contribution in [3.8, 4) is 0 Å². The number of rotatable bonds is 1. The molecule has 0 aliphatic rings. The molecule has 0 aliphatic carbocycles. The Bertz CT molecular complexity index is 201. The molecule has 0 fully saturated rings. The highest BCUT2D eigenvalue weighted by Crippen LogP contribution is 2.00. The maximum absolute atomic E-state index is 5.40. The second-order valence-electron chi connectivity index (χ2n) is 2.10. The average Bonchev–Trinajstić information content (AvgIpc) is 2.10. The summed E-state index contributed by atoms with van der Waals surface area (Å²) in [6.07, 6.45) is 0.567. The zero-order chi connectivity index (χ0) is 6.85. The van der Waals surface area contributed by atoms with Crippen molar-refractivity contribution in [3.05, 3.63) is 24.4 Å². The summed E-state index contributed by atoms with van der Waals surface area (Å²) in [5.41, 5.74) is 2.10. The molecule has 0 saturated carbocycles. The van der Waals surface area contributed by atoms with E-state index in [1.165, 1.54) is 0 Å². The van der Waals surface area contributed by atoms with Gasteiger partial charge in [-0.25, -0.2) is 0 Å². The summed E-state index contributed by atoms with van der Waals surface area (Å²) in [4.78, 5) is 0. The topological polar surface area (TPSA) is 17.8 Å². The van der Waals surface area contributed by atoms with Gasteiger partial charge in [-0.05, 0) is 26.3 Å². The molecule has 48 valence electrons. The second kappa shape index (κ2) is 2.21. The van der Waals surface area contributed by atoms with Gasteiger partial charge in [-0.1, -0.05) is 0 Å². The Morgan fingerprint density at radius 1 is 1.78 bits per heavy atom. The van der Waals surface area contributed by atoms with Crippen LogP contribution >= 0.6 is 0 Å². The predicted molar refractivity (Wildman–Crippen MR) is 35.9 cm³/mol. The molecule has 0 bridgehead atoms. The van der Waals surface area contributed by atoms with Crippen molar-refractivity contribution in [3.63, 3.8) is 0 Å². The summed E-state index contributed by atoms with van der Waals surface area (Å²) in [6, 6.07) is 1.99. The van der Waals surface area contributed by atoms with Gasteiger partial charge < -0.3 is 0 Å². The number of aromatic nitrogens is 2. The third-order valence-corrected chi connectivity index (χ3v) is 1.31. The molecule has 0 unspecified atom stereocenters. The van der Waals surface area contributed by atoms with Crippen molar-refractivity contribution in [2.24, 2.45) is 7.05 Å². The Morgan fingerprint density at radius 3 is 2.67 bits per heavy atom. The molecule has 2 heteroatoms. The largest absolute Gasteiger partial charge is 0.272 e. The highest BCUT2D eigenvalue weighted by Gasteiger charge is 1.96. The summed E-state index contributed by atoms with van der Waals surface area (Å²) >= 11 is 0. The summed E-state index contributed by atoms with van der Waals surface area (Å²) < 4.78 is 1.80. The molecule has 0 N–H and O–H groups in total. The van der Waals surface area contributed by atoms with Crippen molar-refractivity contribution in [1.29, 1.82) is 0 Å². The normalized spacial score (nSPS) is 10.1. The molecule has 0 atom stereocenters.